The number of amides is 1. The van der Waals surface area contributed by atoms with Gasteiger partial charge in [0, 0.05) is 5.56 Å². The van der Waals surface area contributed by atoms with Gasteiger partial charge >= 0.3 is 0 Å². The zero-order chi connectivity index (χ0) is 10.4. The standard InChI is InChI=1S/C10H11NO3/c1-8(12)7-14-11-10(13)9-5-3-2-4-6-9/h2-6H,7H2,1H3,(H,11,13). The van der Waals surface area contributed by atoms with Gasteiger partial charge in [0.1, 0.15) is 6.61 Å². The maximum Gasteiger partial charge on any atom is 0.274 e. The molecule has 0 bridgehead atoms. The maximum atomic E-state index is 11.3. The first-order valence-electron chi connectivity index (χ1n) is 4.17. The van der Waals surface area contributed by atoms with Crippen LogP contribution in [0.1, 0.15) is 17.3 Å². The summed E-state index contributed by atoms with van der Waals surface area (Å²) < 4.78 is 0. The predicted molar refractivity (Wildman–Crippen MR) is 50.5 cm³/mol. The highest BCUT2D eigenvalue weighted by Gasteiger charge is 2.03. The fourth-order valence-electron chi connectivity index (χ4n) is 0.852. The number of carbonyl (C=O) groups is 2. The Morgan fingerprint density at radius 1 is 1.29 bits per heavy atom. The van der Waals surface area contributed by atoms with Crippen LogP contribution in [-0.4, -0.2) is 18.3 Å². The van der Waals surface area contributed by atoms with Crippen molar-refractivity contribution >= 4 is 11.7 Å². The van der Waals surface area contributed by atoms with Crippen LogP contribution in [0.3, 0.4) is 0 Å². The van der Waals surface area contributed by atoms with Gasteiger partial charge in [-0.2, -0.15) is 0 Å². The first-order valence-corrected chi connectivity index (χ1v) is 4.17. The molecule has 74 valence electrons. The third-order valence-corrected chi connectivity index (χ3v) is 1.48. The fraction of sp³-hybridized carbons (Fsp3) is 0.200. The van der Waals surface area contributed by atoms with E-state index in [2.05, 4.69) is 10.3 Å². The molecular weight excluding hydrogens is 182 g/mol. The van der Waals surface area contributed by atoms with Crippen molar-refractivity contribution in [3.63, 3.8) is 0 Å². The van der Waals surface area contributed by atoms with E-state index in [4.69, 9.17) is 0 Å². The minimum Gasteiger partial charge on any atom is -0.297 e. The average molecular weight is 193 g/mol. The largest absolute Gasteiger partial charge is 0.297 e. The zero-order valence-electron chi connectivity index (χ0n) is 7.82. The lowest BCUT2D eigenvalue weighted by Gasteiger charge is -2.03. The Morgan fingerprint density at radius 3 is 2.50 bits per heavy atom. The Morgan fingerprint density at radius 2 is 1.93 bits per heavy atom. The molecule has 1 aromatic carbocycles. The Bertz CT molecular complexity index is 321. The quantitative estimate of drug-likeness (QED) is 0.724. The topological polar surface area (TPSA) is 55.4 Å². The minimum atomic E-state index is -0.355. The molecule has 0 aliphatic rings. The smallest absolute Gasteiger partial charge is 0.274 e. The summed E-state index contributed by atoms with van der Waals surface area (Å²) >= 11 is 0. The van der Waals surface area contributed by atoms with Crippen LogP contribution in [0.25, 0.3) is 0 Å². The second kappa shape index (κ2) is 5.14. The zero-order valence-corrected chi connectivity index (χ0v) is 7.82. The summed E-state index contributed by atoms with van der Waals surface area (Å²) in [4.78, 5) is 26.4. The Labute approximate surface area is 81.8 Å². The average Bonchev–Trinajstić information content (AvgIpc) is 2.18. The second-order valence-electron chi connectivity index (χ2n) is 2.79. The molecule has 1 amide bonds. The molecule has 0 saturated carbocycles. The number of hydroxylamine groups is 1. The van der Waals surface area contributed by atoms with Crippen molar-refractivity contribution in [3.8, 4) is 0 Å². The lowest BCUT2D eigenvalue weighted by atomic mass is 10.2. The first kappa shape index (κ1) is 10.4. The van der Waals surface area contributed by atoms with Crippen LogP contribution in [0.5, 0.6) is 0 Å². The van der Waals surface area contributed by atoms with Crippen LogP contribution in [0.4, 0.5) is 0 Å². The molecule has 0 aliphatic heterocycles. The van der Waals surface area contributed by atoms with Gasteiger partial charge in [0.15, 0.2) is 5.78 Å². The van der Waals surface area contributed by atoms with Crippen LogP contribution >= 0.6 is 0 Å². The maximum absolute atomic E-state index is 11.3. The van der Waals surface area contributed by atoms with Crippen LogP contribution in [-0.2, 0) is 9.63 Å². The van der Waals surface area contributed by atoms with E-state index < -0.39 is 0 Å². The van der Waals surface area contributed by atoms with E-state index in [1.807, 2.05) is 6.07 Å². The number of rotatable bonds is 4. The number of Topliss-reactive ketones (excluding diaryl/α,β-unsaturated/α-hetero) is 1. The molecule has 0 radical (unpaired) electrons. The van der Waals surface area contributed by atoms with Gasteiger partial charge in [-0.15, -0.1) is 0 Å². The molecule has 0 unspecified atom stereocenters. The van der Waals surface area contributed by atoms with E-state index >= 15 is 0 Å². The van der Waals surface area contributed by atoms with Gasteiger partial charge in [0.25, 0.3) is 5.91 Å². The molecule has 1 N–H and O–H groups in total. The monoisotopic (exact) mass is 193 g/mol. The van der Waals surface area contributed by atoms with Crippen molar-refractivity contribution in [1.82, 2.24) is 5.48 Å². The highest BCUT2D eigenvalue weighted by molar-refractivity contribution is 5.93. The van der Waals surface area contributed by atoms with E-state index in [-0.39, 0.29) is 18.3 Å². The molecule has 0 heterocycles. The minimum absolute atomic E-state index is 0.113. The normalized spacial score (nSPS) is 9.50. The molecule has 0 spiro atoms. The lowest BCUT2D eigenvalue weighted by Crippen LogP contribution is -2.25. The molecule has 0 aromatic heterocycles. The predicted octanol–water partition coefficient (Wildman–Crippen LogP) is 0.937. The van der Waals surface area contributed by atoms with Crippen molar-refractivity contribution in [2.24, 2.45) is 0 Å². The summed E-state index contributed by atoms with van der Waals surface area (Å²) in [6.07, 6.45) is 0. The van der Waals surface area contributed by atoms with Gasteiger partial charge in [-0.25, -0.2) is 5.48 Å². The summed E-state index contributed by atoms with van der Waals surface area (Å²) in [5.74, 6) is -0.495. The highest BCUT2D eigenvalue weighted by atomic mass is 16.7. The van der Waals surface area contributed by atoms with Crippen molar-refractivity contribution in [2.45, 2.75) is 6.92 Å². The molecule has 4 heteroatoms. The molecule has 1 aromatic rings. The van der Waals surface area contributed by atoms with Gasteiger partial charge in [-0.1, -0.05) is 18.2 Å². The van der Waals surface area contributed by atoms with E-state index in [0.717, 1.165) is 0 Å². The number of carbonyl (C=O) groups excluding carboxylic acids is 2. The Balaban J connectivity index is 2.40. The molecule has 4 nitrogen and oxygen atoms in total. The highest BCUT2D eigenvalue weighted by Crippen LogP contribution is 1.97. The SMILES string of the molecule is CC(=O)CONC(=O)c1ccccc1. The van der Waals surface area contributed by atoms with Crippen molar-refractivity contribution < 1.29 is 14.4 Å². The van der Waals surface area contributed by atoms with Crippen molar-refractivity contribution in [3.05, 3.63) is 35.9 Å². The van der Waals surface area contributed by atoms with Crippen molar-refractivity contribution in [2.75, 3.05) is 6.61 Å². The van der Waals surface area contributed by atoms with Crippen LogP contribution < -0.4 is 5.48 Å². The van der Waals surface area contributed by atoms with Crippen LogP contribution in [0, 0.1) is 0 Å². The Hall–Kier alpha value is -1.68. The second-order valence-corrected chi connectivity index (χ2v) is 2.79. The van der Waals surface area contributed by atoms with Gasteiger partial charge < -0.3 is 0 Å². The fourth-order valence-corrected chi connectivity index (χ4v) is 0.852. The van der Waals surface area contributed by atoms with Gasteiger partial charge in [-0.05, 0) is 19.1 Å². The number of benzene rings is 1. The third-order valence-electron chi connectivity index (χ3n) is 1.48. The summed E-state index contributed by atoms with van der Waals surface area (Å²) in [5.41, 5.74) is 2.67. The van der Waals surface area contributed by atoms with Gasteiger partial charge in [-0.3, -0.25) is 14.4 Å². The van der Waals surface area contributed by atoms with Crippen LogP contribution in [0.2, 0.25) is 0 Å². The summed E-state index contributed by atoms with van der Waals surface area (Å²) in [5, 5.41) is 0. The van der Waals surface area contributed by atoms with E-state index in [0.29, 0.717) is 5.56 Å². The first-order chi connectivity index (χ1) is 6.70. The van der Waals surface area contributed by atoms with E-state index in [1.54, 1.807) is 24.3 Å². The number of ketones is 1. The molecule has 1 rings (SSSR count). The summed E-state index contributed by atoms with van der Waals surface area (Å²) in [6, 6.07) is 8.63. The van der Waals surface area contributed by atoms with E-state index in [1.165, 1.54) is 6.92 Å². The summed E-state index contributed by atoms with van der Waals surface area (Å²) in [7, 11) is 0. The van der Waals surface area contributed by atoms with Gasteiger partial charge in [0.05, 0.1) is 0 Å². The number of hydrogen-bond donors (Lipinski definition) is 1. The molecule has 0 saturated heterocycles. The molecule has 0 aliphatic carbocycles. The summed E-state index contributed by atoms with van der Waals surface area (Å²) in [6.45, 7) is 1.27. The van der Waals surface area contributed by atoms with Crippen LogP contribution in [0.15, 0.2) is 30.3 Å². The molecular formula is C10H11NO3. The Kier molecular flexibility index (Phi) is 3.82. The molecule has 14 heavy (non-hydrogen) atoms. The number of hydrogen-bond acceptors (Lipinski definition) is 3. The van der Waals surface area contributed by atoms with Crippen molar-refractivity contribution in [1.29, 1.82) is 0 Å². The molecule has 0 fully saturated rings. The molecule has 0 atom stereocenters. The third kappa shape index (κ3) is 3.37. The number of nitrogens with one attached hydrogen (secondary N) is 1. The van der Waals surface area contributed by atoms with Gasteiger partial charge in [0.2, 0.25) is 0 Å². The lowest BCUT2D eigenvalue weighted by molar-refractivity contribution is -0.123. The van der Waals surface area contributed by atoms with E-state index in [9.17, 15) is 9.59 Å².